The smallest absolute Gasteiger partial charge is 0.276 e. The van der Waals surface area contributed by atoms with Crippen molar-refractivity contribution in [2.24, 2.45) is 0 Å². The predicted octanol–water partition coefficient (Wildman–Crippen LogP) is 3.94. The van der Waals surface area contributed by atoms with Crippen LogP contribution in [-0.2, 0) is 11.4 Å². The first-order valence-electron chi connectivity index (χ1n) is 10.3. The zero-order valence-electron chi connectivity index (χ0n) is 17.5. The number of aliphatic hydroxyl groups is 1. The number of aromatic amines is 1. The van der Waals surface area contributed by atoms with Crippen molar-refractivity contribution < 1.29 is 14.7 Å². The molecule has 33 heavy (non-hydrogen) atoms. The lowest BCUT2D eigenvalue weighted by molar-refractivity contribution is 0.0168. The summed E-state index contributed by atoms with van der Waals surface area (Å²) in [5, 5.41) is 13.4. The number of halogens is 1. The fourth-order valence-corrected chi connectivity index (χ4v) is 3.91. The lowest BCUT2D eigenvalue weighted by Gasteiger charge is -2.17. The topological polar surface area (TPSA) is 105 Å². The molecule has 0 aliphatic rings. The number of pyridine rings is 2. The number of hydroxylamine groups is 1. The molecule has 166 valence electrons. The Hall–Kier alpha value is -3.72. The lowest BCUT2D eigenvalue weighted by atomic mass is 10.1. The van der Waals surface area contributed by atoms with Crippen molar-refractivity contribution in [1.29, 1.82) is 0 Å². The molecule has 0 fully saturated rings. The molecule has 5 rings (SSSR count). The number of aromatic nitrogens is 4. The van der Waals surface area contributed by atoms with E-state index in [2.05, 4.69) is 27.7 Å². The van der Waals surface area contributed by atoms with Crippen molar-refractivity contribution in [2.75, 3.05) is 13.2 Å². The second-order valence-corrected chi connectivity index (χ2v) is 7.90. The maximum Gasteiger partial charge on any atom is 0.276 e. The van der Waals surface area contributed by atoms with Crippen molar-refractivity contribution in [3.63, 3.8) is 0 Å². The Labute approximate surface area is 193 Å². The van der Waals surface area contributed by atoms with E-state index in [0.717, 1.165) is 38.9 Å². The highest BCUT2D eigenvalue weighted by Gasteiger charge is 2.14. The van der Waals surface area contributed by atoms with Gasteiger partial charge in [0.05, 0.1) is 47.1 Å². The molecule has 0 saturated heterocycles. The Bertz CT molecular complexity index is 1460. The predicted molar refractivity (Wildman–Crippen MR) is 126 cm³/mol. The van der Waals surface area contributed by atoms with Gasteiger partial charge in [-0.25, -0.2) is 10.5 Å². The molecule has 0 unspecified atom stereocenters. The highest BCUT2D eigenvalue weighted by molar-refractivity contribution is 6.34. The summed E-state index contributed by atoms with van der Waals surface area (Å²) in [6, 6.07) is 19.2. The lowest BCUT2D eigenvalue weighted by Crippen LogP contribution is -2.25. The first kappa shape index (κ1) is 21.1. The largest absolute Gasteiger partial charge is 0.394 e. The van der Waals surface area contributed by atoms with E-state index in [1.165, 1.54) is 0 Å². The van der Waals surface area contributed by atoms with Gasteiger partial charge in [-0.3, -0.25) is 24.4 Å². The third-order valence-electron chi connectivity index (χ3n) is 5.26. The molecular weight excluding hydrogens is 442 g/mol. The van der Waals surface area contributed by atoms with Crippen molar-refractivity contribution in [3.8, 4) is 11.3 Å². The first-order chi connectivity index (χ1) is 16.1. The van der Waals surface area contributed by atoms with Gasteiger partial charge in [0.25, 0.3) is 5.91 Å². The molecule has 0 spiro atoms. The van der Waals surface area contributed by atoms with Crippen LogP contribution in [-0.4, -0.2) is 44.0 Å². The van der Waals surface area contributed by atoms with Crippen molar-refractivity contribution in [2.45, 2.75) is 6.54 Å². The number of aliphatic hydroxyl groups excluding tert-OH is 1. The Morgan fingerprint density at radius 3 is 2.91 bits per heavy atom. The van der Waals surface area contributed by atoms with Crippen molar-refractivity contribution in [1.82, 2.24) is 25.2 Å². The molecule has 0 aliphatic carbocycles. The summed E-state index contributed by atoms with van der Waals surface area (Å²) in [6.07, 6.45) is 1.79. The summed E-state index contributed by atoms with van der Waals surface area (Å²) >= 11 is 6.33. The fourth-order valence-electron chi connectivity index (χ4n) is 3.64. The first-order valence-corrected chi connectivity index (χ1v) is 10.7. The van der Waals surface area contributed by atoms with Crippen LogP contribution in [0.15, 0.2) is 66.9 Å². The van der Waals surface area contributed by atoms with Gasteiger partial charge in [-0.1, -0.05) is 29.8 Å². The minimum atomic E-state index is -0.480. The highest BCUT2D eigenvalue weighted by atomic mass is 35.5. The SMILES string of the molecule is O=C(NOCCO)c1ccc(-c2ccc3[nH]n(Cc4ccc5ncccc5c4)c3n2)cc1Cl. The van der Waals surface area contributed by atoms with Crippen LogP contribution < -0.4 is 5.48 Å². The summed E-state index contributed by atoms with van der Waals surface area (Å²) in [7, 11) is 0. The maximum atomic E-state index is 12.2. The average molecular weight is 462 g/mol. The molecule has 8 nitrogen and oxygen atoms in total. The summed E-state index contributed by atoms with van der Waals surface area (Å²) in [5.41, 5.74) is 7.95. The van der Waals surface area contributed by atoms with E-state index in [9.17, 15) is 4.79 Å². The fraction of sp³-hybridized carbons (Fsp3) is 0.125. The quantitative estimate of drug-likeness (QED) is 0.251. The number of nitrogens with zero attached hydrogens (tertiary/aromatic N) is 3. The molecule has 5 aromatic rings. The van der Waals surface area contributed by atoms with E-state index >= 15 is 0 Å². The van der Waals surface area contributed by atoms with Crippen molar-refractivity contribution >= 4 is 39.6 Å². The molecule has 0 aliphatic heterocycles. The van der Waals surface area contributed by atoms with Crippen LogP contribution in [0.4, 0.5) is 0 Å². The van der Waals surface area contributed by atoms with E-state index in [0.29, 0.717) is 6.54 Å². The van der Waals surface area contributed by atoms with E-state index in [4.69, 9.17) is 26.5 Å². The minimum absolute atomic E-state index is 0.00111. The van der Waals surface area contributed by atoms with Crippen molar-refractivity contribution in [3.05, 3.63) is 83.0 Å². The van der Waals surface area contributed by atoms with Gasteiger partial charge in [0.15, 0.2) is 5.65 Å². The Morgan fingerprint density at radius 2 is 2.06 bits per heavy atom. The Morgan fingerprint density at radius 1 is 1.15 bits per heavy atom. The molecule has 1 amide bonds. The molecular formula is C24H20ClN5O3. The maximum absolute atomic E-state index is 12.2. The molecule has 0 radical (unpaired) electrons. The Kier molecular flexibility index (Phi) is 5.78. The van der Waals surface area contributed by atoms with Gasteiger partial charge in [-0.15, -0.1) is 0 Å². The van der Waals surface area contributed by atoms with Crippen LogP contribution in [0.25, 0.3) is 33.3 Å². The van der Waals surface area contributed by atoms with Crippen LogP contribution in [0, 0.1) is 0 Å². The highest BCUT2D eigenvalue weighted by Crippen LogP contribution is 2.27. The molecule has 0 atom stereocenters. The number of carbonyl (C=O) groups is 1. The van der Waals surface area contributed by atoms with Gasteiger partial charge in [0.2, 0.25) is 0 Å². The van der Waals surface area contributed by atoms with Crippen LogP contribution in [0.1, 0.15) is 15.9 Å². The zero-order chi connectivity index (χ0) is 22.8. The van der Waals surface area contributed by atoms with Gasteiger partial charge < -0.3 is 5.11 Å². The number of hydrogen-bond donors (Lipinski definition) is 3. The molecule has 0 saturated carbocycles. The average Bonchev–Trinajstić information content (AvgIpc) is 2.82. The van der Waals surface area contributed by atoms with Gasteiger partial charge in [0.1, 0.15) is 0 Å². The molecule has 2 aromatic carbocycles. The molecule has 9 heteroatoms. The van der Waals surface area contributed by atoms with Gasteiger partial charge in [0, 0.05) is 17.1 Å². The number of benzene rings is 2. The summed E-state index contributed by atoms with van der Waals surface area (Å²) in [6.45, 7) is 0.462. The second kappa shape index (κ2) is 9.03. The monoisotopic (exact) mass is 461 g/mol. The van der Waals surface area contributed by atoms with E-state index in [-0.39, 0.29) is 23.8 Å². The second-order valence-electron chi connectivity index (χ2n) is 7.49. The normalized spacial score (nSPS) is 11.3. The van der Waals surface area contributed by atoms with Gasteiger partial charge >= 0.3 is 0 Å². The summed E-state index contributed by atoms with van der Waals surface area (Å²) in [5.74, 6) is -0.480. The number of fused-ring (bicyclic) bond motifs is 2. The van der Waals surface area contributed by atoms with Crippen LogP contribution in [0.2, 0.25) is 5.02 Å². The Balaban J connectivity index is 1.38. The molecule has 3 heterocycles. The number of carbonyl (C=O) groups excluding carboxylic acids is 1. The zero-order valence-corrected chi connectivity index (χ0v) is 18.2. The minimum Gasteiger partial charge on any atom is -0.394 e. The third kappa shape index (κ3) is 4.31. The summed E-state index contributed by atoms with van der Waals surface area (Å²) in [4.78, 5) is 26.2. The van der Waals surface area contributed by atoms with Gasteiger partial charge in [-0.05, 0) is 48.0 Å². The number of rotatable bonds is 7. The number of amides is 1. The third-order valence-corrected chi connectivity index (χ3v) is 5.57. The van der Waals surface area contributed by atoms with E-state index < -0.39 is 5.91 Å². The van der Waals surface area contributed by atoms with Crippen LogP contribution in [0.3, 0.4) is 0 Å². The number of nitrogens with one attached hydrogen (secondary N) is 2. The molecule has 0 bridgehead atoms. The van der Waals surface area contributed by atoms with E-state index in [1.807, 2.05) is 35.0 Å². The van der Waals surface area contributed by atoms with Crippen LogP contribution >= 0.6 is 11.6 Å². The summed E-state index contributed by atoms with van der Waals surface area (Å²) < 4.78 is 1.98. The van der Waals surface area contributed by atoms with E-state index in [1.54, 1.807) is 24.4 Å². The standard InChI is InChI=1S/C24H20ClN5O3/c25-19-13-17(4-5-18(19)24(32)29-33-11-10-31)21-7-8-22-23(27-21)30(28-22)14-15-3-6-20-16(12-15)2-1-9-26-20/h1-9,12-13,28,31H,10-11,14H2,(H,29,32). The molecule has 3 N–H and O–H groups in total. The number of H-pyrrole nitrogens is 1. The molecule has 3 aromatic heterocycles. The van der Waals surface area contributed by atoms with Gasteiger partial charge in [-0.2, -0.15) is 0 Å². The number of hydrogen-bond acceptors (Lipinski definition) is 5. The van der Waals surface area contributed by atoms with Crippen LogP contribution in [0.5, 0.6) is 0 Å².